The van der Waals surface area contributed by atoms with E-state index in [1.165, 1.54) is 6.07 Å². The molecule has 1 unspecified atom stereocenters. The van der Waals surface area contributed by atoms with Gasteiger partial charge in [0.15, 0.2) is 11.5 Å². The van der Waals surface area contributed by atoms with Crippen LogP contribution in [0.3, 0.4) is 0 Å². The molecule has 9 nitrogen and oxygen atoms in total. The fraction of sp³-hybridized carbons (Fsp3) is 0.438. The minimum atomic E-state index is -0.461. The largest absolute Gasteiger partial charge is 0.497 e. The van der Waals surface area contributed by atoms with E-state index in [-0.39, 0.29) is 18.1 Å². The molecule has 0 spiro atoms. The highest BCUT2D eigenvalue weighted by molar-refractivity contribution is 6.06. The highest BCUT2D eigenvalue weighted by Crippen LogP contribution is 2.31. The Labute approximate surface area is 241 Å². The van der Waals surface area contributed by atoms with Crippen LogP contribution >= 0.6 is 0 Å². The fourth-order valence-electron chi connectivity index (χ4n) is 5.33. The van der Waals surface area contributed by atoms with Crippen LogP contribution in [0, 0.1) is 0 Å². The van der Waals surface area contributed by atoms with Crippen LogP contribution in [-0.2, 0) is 13.1 Å². The second-order valence-corrected chi connectivity index (χ2v) is 10.5. The summed E-state index contributed by atoms with van der Waals surface area (Å²) < 4.78 is 18.4. The van der Waals surface area contributed by atoms with E-state index in [0.29, 0.717) is 67.8 Å². The van der Waals surface area contributed by atoms with E-state index in [2.05, 4.69) is 24.1 Å². The summed E-state index contributed by atoms with van der Waals surface area (Å²) in [5.41, 5.74) is 2.30. The number of rotatable bonds is 14. The minimum absolute atomic E-state index is 0.00349. The number of carbonyl (C=O) groups is 1. The van der Waals surface area contributed by atoms with Crippen LogP contribution < -0.4 is 30.4 Å². The standard InChI is InChI=1S/C32H41N3O6/c1-5-12-32(21-36,34-20-23-6-9-28-29(17-23)41-16-15-40-28)13-10-22(2)11-14-35-27-18-24(39-4)7-8-25(27)26(19-30(35)37)31(38)33-3/h6-9,17-19,34,36H,2,5,10-16,20-21H2,1,3-4H3,(H,33,38). The number of carbonyl (C=O) groups excluding carboxylic acids is 1. The molecule has 1 aliphatic heterocycles. The van der Waals surface area contributed by atoms with Crippen LogP contribution in [0.5, 0.6) is 17.2 Å². The van der Waals surface area contributed by atoms with E-state index in [9.17, 15) is 14.7 Å². The number of methoxy groups -OCH3 is 1. The second-order valence-electron chi connectivity index (χ2n) is 10.5. The summed E-state index contributed by atoms with van der Waals surface area (Å²) in [6.45, 7) is 8.50. The Bertz CT molecular complexity index is 1450. The van der Waals surface area contributed by atoms with Crippen LogP contribution in [0.1, 0.15) is 54.9 Å². The summed E-state index contributed by atoms with van der Waals surface area (Å²) in [7, 11) is 3.11. The average Bonchev–Trinajstić information content (AvgIpc) is 3.00. The molecule has 2 heterocycles. The third-order valence-electron chi connectivity index (χ3n) is 7.74. The van der Waals surface area contributed by atoms with Crippen LogP contribution in [0.15, 0.2) is 59.4 Å². The van der Waals surface area contributed by atoms with Crippen molar-refractivity contribution in [3.63, 3.8) is 0 Å². The van der Waals surface area contributed by atoms with Gasteiger partial charge in [0, 0.05) is 43.2 Å². The van der Waals surface area contributed by atoms with Crippen molar-refractivity contribution in [2.24, 2.45) is 0 Å². The van der Waals surface area contributed by atoms with Crippen LogP contribution in [0.4, 0.5) is 0 Å². The molecule has 1 amide bonds. The number of ether oxygens (including phenoxy) is 3. The molecule has 0 fully saturated rings. The van der Waals surface area contributed by atoms with Gasteiger partial charge in [0.1, 0.15) is 19.0 Å². The number of aliphatic hydroxyl groups is 1. The molecule has 9 heteroatoms. The minimum Gasteiger partial charge on any atom is -0.497 e. The smallest absolute Gasteiger partial charge is 0.251 e. The van der Waals surface area contributed by atoms with Gasteiger partial charge in [-0.15, -0.1) is 0 Å². The zero-order valence-electron chi connectivity index (χ0n) is 24.3. The number of hydrogen-bond donors (Lipinski definition) is 3. The molecule has 1 atom stereocenters. The molecule has 0 aliphatic carbocycles. The Hall–Kier alpha value is -3.82. The maximum Gasteiger partial charge on any atom is 0.251 e. The third-order valence-corrected chi connectivity index (χ3v) is 7.74. The summed E-state index contributed by atoms with van der Waals surface area (Å²) >= 11 is 0. The number of pyridine rings is 1. The predicted molar refractivity (Wildman–Crippen MR) is 160 cm³/mol. The molecule has 4 rings (SSSR count). The van der Waals surface area contributed by atoms with Gasteiger partial charge in [0.05, 0.1) is 24.8 Å². The second kappa shape index (κ2) is 13.7. The van der Waals surface area contributed by atoms with E-state index in [0.717, 1.165) is 35.5 Å². The van der Waals surface area contributed by atoms with Crippen LogP contribution in [-0.4, -0.2) is 55.1 Å². The molecule has 0 saturated heterocycles. The zero-order chi connectivity index (χ0) is 29.4. The maximum atomic E-state index is 13.1. The first kappa shape index (κ1) is 30.1. The van der Waals surface area contributed by atoms with E-state index in [1.54, 1.807) is 36.9 Å². The van der Waals surface area contributed by atoms with Crippen molar-refractivity contribution in [3.8, 4) is 17.2 Å². The number of fused-ring (bicyclic) bond motifs is 2. The summed E-state index contributed by atoms with van der Waals surface area (Å²) in [5.74, 6) is 1.80. The Morgan fingerprint density at radius 2 is 1.88 bits per heavy atom. The predicted octanol–water partition coefficient (Wildman–Crippen LogP) is 4.19. The number of aryl methyl sites for hydroxylation is 1. The molecule has 0 radical (unpaired) electrons. The first-order valence-corrected chi connectivity index (χ1v) is 14.2. The summed E-state index contributed by atoms with van der Waals surface area (Å²) in [5, 5.41) is 17.4. The van der Waals surface area contributed by atoms with E-state index in [4.69, 9.17) is 14.2 Å². The number of nitrogens with one attached hydrogen (secondary N) is 2. The lowest BCUT2D eigenvalue weighted by Crippen LogP contribution is -2.48. The van der Waals surface area contributed by atoms with Crippen molar-refractivity contribution in [2.45, 2.75) is 57.7 Å². The van der Waals surface area contributed by atoms with Gasteiger partial charge in [-0.3, -0.25) is 9.59 Å². The molecule has 220 valence electrons. The molecule has 1 aromatic heterocycles. The number of amides is 1. The van der Waals surface area contributed by atoms with Gasteiger partial charge in [-0.1, -0.05) is 31.6 Å². The van der Waals surface area contributed by atoms with Gasteiger partial charge in [-0.05, 0) is 55.5 Å². The number of benzene rings is 2. The number of hydrogen-bond acceptors (Lipinski definition) is 7. The van der Waals surface area contributed by atoms with Gasteiger partial charge >= 0.3 is 0 Å². The SMILES string of the molecule is C=C(CCn1c(=O)cc(C(=O)NC)c2ccc(OC)cc21)CCC(CO)(CCC)NCc1ccc2c(c1)OCCO2. The lowest BCUT2D eigenvalue weighted by Gasteiger charge is -2.34. The summed E-state index contributed by atoms with van der Waals surface area (Å²) in [6.07, 6.45) is 3.72. The van der Waals surface area contributed by atoms with Crippen LogP contribution in [0.25, 0.3) is 10.9 Å². The van der Waals surface area contributed by atoms with Gasteiger partial charge in [-0.2, -0.15) is 0 Å². The average molecular weight is 564 g/mol. The number of allylic oxidation sites excluding steroid dienone is 1. The van der Waals surface area contributed by atoms with Crippen LogP contribution in [0.2, 0.25) is 0 Å². The van der Waals surface area contributed by atoms with Gasteiger partial charge in [-0.25, -0.2) is 0 Å². The molecular weight excluding hydrogens is 522 g/mol. The molecule has 2 aromatic carbocycles. The van der Waals surface area contributed by atoms with Crippen molar-refractivity contribution in [2.75, 3.05) is 34.0 Å². The highest BCUT2D eigenvalue weighted by Gasteiger charge is 2.28. The maximum absolute atomic E-state index is 13.1. The third kappa shape index (κ3) is 7.10. The normalized spacial score (nSPS) is 14.0. The lowest BCUT2D eigenvalue weighted by molar-refractivity contribution is 0.0964. The number of nitrogens with zero attached hydrogens (tertiary/aromatic N) is 1. The highest BCUT2D eigenvalue weighted by atomic mass is 16.6. The summed E-state index contributed by atoms with van der Waals surface area (Å²) in [4.78, 5) is 25.5. The van der Waals surface area contributed by atoms with Gasteiger partial charge in [0.25, 0.3) is 11.5 Å². The Morgan fingerprint density at radius 3 is 2.59 bits per heavy atom. The zero-order valence-corrected chi connectivity index (χ0v) is 24.3. The van der Waals surface area contributed by atoms with E-state index < -0.39 is 5.54 Å². The topological polar surface area (TPSA) is 111 Å². The molecular formula is C32H41N3O6. The fourth-order valence-corrected chi connectivity index (χ4v) is 5.33. The molecule has 0 saturated carbocycles. The lowest BCUT2D eigenvalue weighted by atomic mass is 9.87. The van der Waals surface area contributed by atoms with Gasteiger partial charge in [0.2, 0.25) is 0 Å². The molecule has 3 N–H and O–H groups in total. The number of aromatic nitrogens is 1. The van der Waals surface area contributed by atoms with Crippen molar-refractivity contribution in [1.29, 1.82) is 0 Å². The molecule has 3 aromatic rings. The Morgan fingerprint density at radius 1 is 1.10 bits per heavy atom. The van der Waals surface area contributed by atoms with Crippen molar-refractivity contribution >= 4 is 16.8 Å². The van der Waals surface area contributed by atoms with Crippen molar-refractivity contribution < 1.29 is 24.1 Å². The van der Waals surface area contributed by atoms with E-state index in [1.807, 2.05) is 18.2 Å². The number of aliphatic hydroxyl groups excluding tert-OH is 1. The van der Waals surface area contributed by atoms with E-state index >= 15 is 0 Å². The first-order chi connectivity index (χ1) is 19.8. The monoisotopic (exact) mass is 563 g/mol. The Balaban J connectivity index is 1.44. The molecule has 0 bridgehead atoms. The quantitative estimate of drug-likeness (QED) is 0.252. The van der Waals surface area contributed by atoms with Crippen molar-refractivity contribution in [3.05, 3.63) is 76.1 Å². The van der Waals surface area contributed by atoms with Gasteiger partial charge < -0.3 is 34.5 Å². The molecule has 1 aliphatic rings. The first-order valence-electron chi connectivity index (χ1n) is 14.2. The summed E-state index contributed by atoms with van der Waals surface area (Å²) in [6, 6.07) is 12.7. The van der Waals surface area contributed by atoms with Crippen molar-refractivity contribution in [1.82, 2.24) is 15.2 Å². The Kier molecular flexibility index (Phi) is 10.1. The molecule has 41 heavy (non-hydrogen) atoms.